The SMILES string of the molecule is CC(C)(C)N(NC(=O)c1ccc([N+](=O)[O-])cc1)C(=O)NC(=O)c1cc(Cl)ccc1Cl. The quantitative estimate of drug-likeness (QED) is 0.533. The van der Waals surface area contributed by atoms with Crippen molar-refractivity contribution in [3.8, 4) is 0 Å². The van der Waals surface area contributed by atoms with Crippen LogP contribution in [0.25, 0.3) is 0 Å². The maximum absolute atomic E-state index is 12.7. The monoisotopic (exact) mass is 452 g/mol. The van der Waals surface area contributed by atoms with E-state index in [0.29, 0.717) is 0 Å². The minimum Gasteiger partial charge on any atom is -0.272 e. The molecule has 158 valence electrons. The molecule has 0 spiro atoms. The first-order chi connectivity index (χ1) is 13.9. The van der Waals surface area contributed by atoms with Crippen LogP contribution in [0.2, 0.25) is 10.0 Å². The number of benzene rings is 2. The van der Waals surface area contributed by atoms with Crippen molar-refractivity contribution in [2.24, 2.45) is 0 Å². The minimum atomic E-state index is -0.918. The van der Waals surface area contributed by atoms with Gasteiger partial charge in [-0.3, -0.25) is 30.4 Å². The zero-order chi connectivity index (χ0) is 22.6. The van der Waals surface area contributed by atoms with E-state index in [4.69, 9.17) is 23.2 Å². The van der Waals surface area contributed by atoms with Crippen molar-refractivity contribution in [2.75, 3.05) is 0 Å². The minimum absolute atomic E-state index is 0.00642. The molecule has 0 saturated carbocycles. The average molecular weight is 453 g/mol. The zero-order valence-corrected chi connectivity index (χ0v) is 17.7. The number of nitrogens with zero attached hydrogens (tertiary/aromatic N) is 2. The van der Waals surface area contributed by atoms with Crippen LogP contribution in [0.4, 0.5) is 10.5 Å². The van der Waals surface area contributed by atoms with Gasteiger partial charge in [0.2, 0.25) is 0 Å². The van der Waals surface area contributed by atoms with E-state index >= 15 is 0 Å². The van der Waals surface area contributed by atoms with Crippen molar-refractivity contribution < 1.29 is 19.3 Å². The van der Waals surface area contributed by atoms with Crippen LogP contribution < -0.4 is 10.7 Å². The van der Waals surface area contributed by atoms with Gasteiger partial charge in [-0.05, 0) is 51.1 Å². The Morgan fingerprint density at radius 2 is 1.60 bits per heavy atom. The molecule has 0 aliphatic heterocycles. The largest absolute Gasteiger partial charge is 0.343 e. The molecule has 0 atom stereocenters. The standard InChI is InChI=1S/C19H18Cl2N4O5/c1-19(2,3)24(23-16(26)11-4-7-13(8-5-11)25(29)30)18(28)22-17(27)14-10-12(20)6-9-15(14)21/h4-10H,1-3H3,(H,23,26)(H,22,27,28). The Balaban J connectivity index is 2.19. The summed E-state index contributed by atoms with van der Waals surface area (Å²) < 4.78 is 0. The third-order valence-electron chi connectivity index (χ3n) is 3.82. The van der Waals surface area contributed by atoms with Crippen LogP contribution in [0.1, 0.15) is 41.5 Å². The van der Waals surface area contributed by atoms with E-state index in [1.165, 1.54) is 42.5 Å². The lowest BCUT2D eigenvalue weighted by Crippen LogP contribution is -2.59. The number of non-ortho nitro benzene ring substituents is 1. The number of halogens is 2. The van der Waals surface area contributed by atoms with Crippen LogP contribution in [-0.4, -0.2) is 33.3 Å². The molecule has 0 aliphatic rings. The summed E-state index contributed by atoms with van der Waals surface area (Å²) in [5.41, 5.74) is 1.39. The van der Waals surface area contributed by atoms with Crippen LogP contribution in [0.5, 0.6) is 0 Å². The van der Waals surface area contributed by atoms with E-state index in [9.17, 15) is 24.5 Å². The molecule has 2 aromatic rings. The fraction of sp³-hybridized carbons (Fsp3) is 0.211. The molecular formula is C19H18Cl2N4O5. The maximum atomic E-state index is 12.7. The molecule has 0 fully saturated rings. The van der Waals surface area contributed by atoms with Gasteiger partial charge in [0.25, 0.3) is 17.5 Å². The van der Waals surface area contributed by atoms with Crippen molar-refractivity contribution in [1.29, 1.82) is 0 Å². The molecular weight excluding hydrogens is 435 g/mol. The lowest BCUT2D eigenvalue weighted by Gasteiger charge is -2.35. The molecule has 9 nitrogen and oxygen atoms in total. The fourth-order valence-corrected chi connectivity index (χ4v) is 2.69. The molecule has 30 heavy (non-hydrogen) atoms. The van der Waals surface area contributed by atoms with E-state index in [1.807, 2.05) is 0 Å². The van der Waals surface area contributed by atoms with E-state index in [0.717, 1.165) is 5.01 Å². The van der Waals surface area contributed by atoms with Crippen LogP contribution in [-0.2, 0) is 0 Å². The number of rotatable bonds is 3. The maximum Gasteiger partial charge on any atom is 0.343 e. The van der Waals surface area contributed by atoms with Crippen molar-refractivity contribution in [2.45, 2.75) is 26.3 Å². The second-order valence-corrected chi connectivity index (χ2v) is 7.98. The van der Waals surface area contributed by atoms with Gasteiger partial charge in [0.1, 0.15) is 0 Å². The Morgan fingerprint density at radius 3 is 2.13 bits per heavy atom. The Hall–Kier alpha value is -3.17. The summed E-state index contributed by atoms with van der Waals surface area (Å²) in [7, 11) is 0. The molecule has 0 unspecified atom stereocenters. The lowest BCUT2D eigenvalue weighted by atomic mass is 10.1. The van der Waals surface area contributed by atoms with Gasteiger partial charge in [0.05, 0.1) is 21.0 Å². The number of amides is 4. The number of carbonyl (C=O) groups is 3. The van der Waals surface area contributed by atoms with Crippen LogP contribution in [0, 0.1) is 10.1 Å². The predicted molar refractivity (Wildman–Crippen MR) is 111 cm³/mol. The van der Waals surface area contributed by atoms with E-state index in [2.05, 4.69) is 10.7 Å². The van der Waals surface area contributed by atoms with Gasteiger partial charge >= 0.3 is 6.03 Å². The Morgan fingerprint density at radius 1 is 1.00 bits per heavy atom. The number of hydrazine groups is 1. The number of carbonyl (C=O) groups excluding carboxylic acids is 3. The first kappa shape index (κ1) is 23.1. The highest BCUT2D eigenvalue weighted by Gasteiger charge is 2.30. The highest BCUT2D eigenvalue weighted by atomic mass is 35.5. The smallest absolute Gasteiger partial charge is 0.272 e. The number of imide groups is 1. The number of nitrogens with one attached hydrogen (secondary N) is 2. The first-order valence-electron chi connectivity index (χ1n) is 8.56. The molecule has 2 aromatic carbocycles. The third kappa shape index (κ3) is 5.68. The fourth-order valence-electron chi connectivity index (χ4n) is 2.32. The highest BCUT2D eigenvalue weighted by molar-refractivity contribution is 6.36. The topological polar surface area (TPSA) is 122 Å². The summed E-state index contributed by atoms with van der Waals surface area (Å²) in [6, 6.07) is 8.16. The lowest BCUT2D eigenvalue weighted by molar-refractivity contribution is -0.384. The Kier molecular flexibility index (Phi) is 7.01. The van der Waals surface area contributed by atoms with Crippen molar-refractivity contribution in [3.05, 3.63) is 73.8 Å². The molecule has 4 amide bonds. The van der Waals surface area contributed by atoms with Crippen molar-refractivity contribution >= 4 is 46.7 Å². The summed E-state index contributed by atoms with van der Waals surface area (Å²) in [4.78, 5) is 47.8. The number of nitro groups is 1. The van der Waals surface area contributed by atoms with Gasteiger partial charge in [-0.15, -0.1) is 0 Å². The molecule has 0 radical (unpaired) electrons. The van der Waals surface area contributed by atoms with Crippen LogP contribution in [0.3, 0.4) is 0 Å². The molecule has 11 heteroatoms. The number of hydrogen-bond donors (Lipinski definition) is 2. The summed E-state index contributed by atoms with van der Waals surface area (Å²) in [6.45, 7) is 4.92. The van der Waals surface area contributed by atoms with Gasteiger partial charge in [-0.25, -0.2) is 9.80 Å². The molecule has 0 bridgehead atoms. The Labute approximate surface area is 182 Å². The van der Waals surface area contributed by atoms with Crippen LogP contribution in [0.15, 0.2) is 42.5 Å². The molecule has 2 N–H and O–H groups in total. The summed E-state index contributed by atoms with van der Waals surface area (Å²) in [5.74, 6) is -1.49. The second-order valence-electron chi connectivity index (χ2n) is 7.13. The van der Waals surface area contributed by atoms with E-state index < -0.39 is 28.3 Å². The number of nitro benzene ring substituents is 1. The predicted octanol–water partition coefficient (Wildman–Crippen LogP) is 4.20. The van der Waals surface area contributed by atoms with Gasteiger partial charge < -0.3 is 0 Å². The average Bonchev–Trinajstić information content (AvgIpc) is 2.66. The summed E-state index contributed by atoms with van der Waals surface area (Å²) >= 11 is 11.8. The van der Waals surface area contributed by atoms with Gasteiger partial charge in [-0.1, -0.05) is 23.2 Å². The van der Waals surface area contributed by atoms with E-state index in [-0.39, 0.29) is 26.9 Å². The van der Waals surface area contributed by atoms with Crippen molar-refractivity contribution in [1.82, 2.24) is 15.8 Å². The van der Waals surface area contributed by atoms with Gasteiger partial charge in [0, 0.05) is 22.7 Å². The summed E-state index contributed by atoms with van der Waals surface area (Å²) in [6.07, 6.45) is 0. The Bertz CT molecular complexity index is 1000. The molecule has 2 rings (SSSR count). The normalized spacial score (nSPS) is 10.8. The first-order valence-corrected chi connectivity index (χ1v) is 9.32. The number of urea groups is 1. The summed E-state index contributed by atoms with van der Waals surface area (Å²) in [5, 5.41) is 14.2. The number of hydrogen-bond acceptors (Lipinski definition) is 5. The van der Waals surface area contributed by atoms with Crippen molar-refractivity contribution in [3.63, 3.8) is 0 Å². The molecule has 0 saturated heterocycles. The van der Waals surface area contributed by atoms with Gasteiger partial charge in [-0.2, -0.15) is 0 Å². The van der Waals surface area contributed by atoms with E-state index in [1.54, 1.807) is 20.8 Å². The molecule has 0 aromatic heterocycles. The zero-order valence-electron chi connectivity index (χ0n) is 16.2. The third-order valence-corrected chi connectivity index (χ3v) is 4.39. The molecule has 0 heterocycles. The van der Waals surface area contributed by atoms with Gasteiger partial charge in [0.15, 0.2) is 0 Å². The van der Waals surface area contributed by atoms with Crippen LogP contribution >= 0.6 is 23.2 Å². The molecule has 0 aliphatic carbocycles. The highest BCUT2D eigenvalue weighted by Crippen LogP contribution is 2.21. The second kappa shape index (κ2) is 9.10.